The molecule has 0 saturated heterocycles. The number of methoxy groups -OCH3 is 1. The third-order valence-corrected chi connectivity index (χ3v) is 5.38. The number of para-hydroxylation sites is 2. The molecule has 0 aliphatic heterocycles. The smallest absolute Gasteiger partial charge is 0.343 e. The highest BCUT2D eigenvalue weighted by Crippen LogP contribution is 2.28. The summed E-state index contributed by atoms with van der Waals surface area (Å²) in [5, 5.41) is 4.65. The highest BCUT2D eigenvalue weighted by Gasteiger charge is 2.12. The maximum Gasteiger partial charge on any atom is 0.343 e. The fourth-order valence-corrected chi connectivity index (χ4v) is 3.60. The zero-order chi connectivity index (χ0) is 23.0. The minimum atomic E-state index is -0.482. The second kappa shape index (κ2) is 10.5. The van der Waals surface area contributed by atoms with Gasteiger partial charge in [0, 0.05) is 0 Å². The summed E-state index contributed by atoms with van der Waals surface area (Å²) in [6.07, 6.45) is 1.48. The first-order valence-corrected chi connectivity index (χ1v) is 11.0. The van der Waals surface area contributed by atoms with Crippen molar-refractivity contribution in [3.63, 3.8) is 0 Å². The summed E-state index contributed by atoms with van der Waals surface area (Å²) in [5.74, 6) is 0.0703. The molecule has 9 heteroatoms. The van der Waals surface area contributed by atoms with Crippen LogP contribution in [0, 0.1) is 0 Å². The monoisotopic (exact) mass is 460 g/mol. The van der Waals surface area contributed by atoms with Gasteiger partial charge >= 0.3 is 5.97 Å². The van der Waals surface area contributed by atoms with E-state index in [-0.39, 0.29) is 17.4 Å². The average Bonchev–Trinajstić information content (AvgIpc) is 3.27. The van der Waals surface area contributed by atoms with Gasteiger partial charge in [0.1, 0.15) is 0 Å². The Bertz CT molecular complexity index is 1270. The summed E-state index contributed by atoms with van der Waals surface area (Å²) < 4.78 is 10.7. The number of aromatic nitrogens is 2. The maximum absolute atomic E-state index is 12.3. The summed E-state index contributed by atoms with van der Waals surface area (Å²) >= 11 is 1.29. The zero-order valence-electron chi connectivity index (χ0n) is 17.6. The fourth-order valence-electron chi connectivity index (χ4n) is 2.92. The van der Waals surface area contributed by atoms with Gasteiger partial charge in [0.15, 0.2) is 16.7 Å². The van der Waals surface area contributed by atoms with Crippen molar-refractivity contribution in [1.82, 2.24) is 15.4 Å². The molecule has 0 bridgehead atoms. The zero-order valence-corrected chi connectivity index (χ0v) is 18.5. The van der Waals surface area contributed by atoms with Crippen molar-refractivity contribution in [2.45, 2.75) is 5.16 Å². The number of nitrogens with one attached hydrogen (secondary N) is 2. The van der Waals surface area contributed by atoms with E-state index in [0.717, 1.165) is 11.0 Å². The molecule has 0 aliphatic rings. The molecule has 2 N–H and O–H groups in total. The van der Waals surface area contributed by atoms with Crippen molar-refractivity contribution < 1.29 is 19.1 Å². The third-order valence-electron chi connectivity index (χ3n) is 4.51. The van der Waals surface area contributed by atoms with Crippen LogP contribution in [0.5, 0.6) is 11.5 Å². The molecule has 4 aromatic rings. The van der Waals surface area contributed by atoms with E-state index < -0.39 is 5.97 Å². The second-order valence-electron chi connectivity index (χ2n) is 6.81. The molecule has 166 valence electrons. The number of rotatable bonds is 8. The van der Waals surface area contributed by atoms with E-state index in [0.29, 0.717) is 22.0 Å². The van der Waals surface area contributed by atoms with Gasteiger partial charge in [0.25, 0.3) is 5.91 Å². The number of hydrogen-bond acceptors (Lipinski definition) is 7. The summed E-state index contributed by atoms with van der Waals surface area (Å²) in [6.45, 7) is 0. The van der Waals surface area contributed by atoms with Crippen molar-refractivity contribution in [2.75, 3.05) is 12.9 Å². The topological polar surface area (TPSA) is 106 Å². The van der Waals surface area contributed by atoms with Crippen molar-refractivity contribution >= 4 is 40.9 Å². The number of imidazole rings is 1. The third kappa shape index (κ3) is 5.78. The number of nitrogens with zero attached hydrogens (tertiary/aromatic N) is 2. The van der Waals surface area contributed by atoms with Gasteiger partial charge in [-0.05, 0) is 48.0 Å². The van der Waals surface area contributed by atoms with Gasteiger partial charge in [-0.2, -0.15) is 5.10 Å². The molecular formula is C24H20N4O4S. The first-order valence-electron chi connectivity index (χ1n) is 9.97. The van der Waals surface area contributed by atoms with Crippen LogP contribution in [0.25, 0.3) is 11.0 Å². The van der Waals surface area contributed by atoms with E-state index in [1.54, 1.807) is 42.5 Å². The Hall–Kier alpha value is -4.11. The van der Waals surface area contributed by atoms with E-state index in [2.05, 4.69) is 20.5 Å². The highest BCUT2D eigenvalue weighted by molar-refractivity contribution is 7.99. The number of aromatic amines is 1. The molecule has 33 heavy (non-hydrogen) atoms. The molecule has 0 aliphatic carbocycles. The Morgan fingerprint density at radius 3 is 2.64 bits per heavy atom. The fraction of sp³-hybridized carbons (Fsp3) is 0.0833. The Morgan fingerprint density at radius 1 is 1.06 bits per heavy atom. The van der Waals surface area contributed by atoms with Crippen LogP contribution in [-0.4, -0.2) is 40.9 Å². The van der Waals surface area contributed by atoms with E-state index in [1.165, 1.54) is 25.1 Å². The normalized spacial score (nSPS) is 10.9. The lowest BCUT2D eigenvalue weighted by atomic mass is 10.2. The van der Waals surface area contributed by atoms with Crippen molar-refractivity contribution in [3.05, 3.63) is 83.9 Å². The molecule has 1 heterocycles. The van der Waals surface area contributed by atoms with Crippen LogP contribution in [-0.2, 0) is 4.79 Å². The lowest BCUT2D eigenvalue weighted by Crippen LogP contribution is -2.19. The summed E-state index contributed by atoms with van der Waals surface area (Å²) in [5.41, 5.74) is 5.36. The molecule has 8 nitrogen and oxygen atoms in total. The summed E-state index contributed by atoms with van der Waals surface area (Å²) in [6, 6.07) is 21.3. The van der Waals surface area contributed by atoms with Crippen molar-refractivity contribution in [1.29, 1.82) is 0 Å². The number of ether oxygens (including phenoxy) is 2. The van der Waals surface area contributed by atoms with Crippen LogP contribution in [0.4, 0.5) is 0 Å². The first-order chi connectivity index (χ1) is 16.1. The molecule has 0 radical (unpaired) electrons. The number of hydrazone groups is 1. The standard InChI is InChI=1S/C24H20N4O4S/c1-31-21-13-16(11-12-20(21)32-23(30)17-7-3-2-4-8-17)14-25-28-22(29)15-33-24-26-18-9-5-6-10-19(18)27-24/h2-14H,15H2,1H3,(H,26,27)(H,28,29)/b25-14+. The van der Waals surface area contributed by atoms with Gasteiger partial charge in [-0.1, -0.05) is 42.1 Å². The average molecular weight is 461 g/mol. The highest BCUT2D eigenvalue weighted by atomic mass is 32.2. The molecule has 0 atom stereocenters. The Balaban J connectivity index is 1.31. The molecule has 0 unspecified atom stereocenters. The van der Waals surface area contributed by atoms with E-state index in [9.17, 15) is 9.59 Å². The molecule has 0 saturated carbocycles. The molecule has 3 aromatic carbocycles. The molecular weight excluding hydrogens is 440 g/mol. The lowest BCUT2D eigenvalue weighted by molar-refractivity contribution is -0.118. The SMILES string of the molecule is COc1cc(/C=N/NC(=O)CSc2nc3ccccc3[nH]2)ccc1OC(=O)c1ccccc1. The maximum atomic E-state index is 12.3. The minimum Gasteiger partial charge on any atom is -0.493 e. The Morgan fingerprint density at radius 2 is 1.85 bits per heavy atom. The van der Waals surface area contributed by atoms with Crippen LogP contribution in [0.15, 0.2) is 83.1 Å². The van der Waals surface area contributed by atoms with Crippen LogP contribution in [0.2, 0.25) is 0 Å². The predicted molar refractivity (Wildman–Crippen MR) is 127 cm³/mol. The summed E-state index contributed by atoms with van der Waals surface area (Å²) in [7, 11) is 1.48. The van der Waals surface area contributed by atoms with Crippen molar-refractivity contribution in [3.8, 4) is 11.5 Å². The molecule has 4 rings (SSSR count). The molecule has 1 aromatic heterocycles. The predicted octanol–water partition coefficient (Wildman–Crippen LogP) is 4.03. The van der Waals surface area contributed by atoms with Crippen LogP contribution >= 0.6 is 11.8 Å². The number of amides is 1. The molecule has 0 fully saturated rings. The summed E-state index contributed by atoms with van der Waals surface area (Å²) in [4.78, 5) is 31.9. The van der Waals surface area contributed by atoms with Gasteiger partial charge in [0.2, 0.25) is 0 Å². The van der Waals surface area contributed by atoms with Crippen LogP contribution in [0.1, 0.15) is 15.9 Å². The van der Waals surface area contributed by atoms with E-state index in [1.807, 2.05) is 30.3 Å². The number of carbonyl (C=O) groups is 2. The van der Waals surface area contributed by atoms with Crippen LogP contribution < -0.4 is 14.9 Å². The quantitative estimate of drug-likeness (QED) is 0.135. The van der Waals surface area contributed by atoms with Gasteiger partial charge in [-0.15, -0.1) is 0 Å². The molecule has 1 amide bonds. The van der Waals surface area contributed by atoms with E-state index in [4.69, 9.17) is 9.47 Å². The number of H-pyrrole nitrogens is 1. The van der Waals surface area contributed by atoms with Crippen molar-refractivity contribution in [2.24, 2.45) is 5.10 Å². The Kier molecular flexibility index (Phi) is 7.01. The van der Waals surface area contributed by atoms with E-state index >= 15 is 0 Å². The lowest BCUT2D eigenvalue weighted by Gasteiger charge is -2.10. The number of carbonyl (C=O) groups excluding carboxylic acids is 2. The molecule has 0 spiro atoms. The van der Waals surface area contributed by atoms with Gasteiger partial charge in [0.05, 0.1) is 35.7 Å². The van der Waals surface area contributed by atoms with Gasteiger partial charge < -0.3 is 14.5 Å². The van der Waals surface area contributed by atoms with Crippen LogP contribution in [0.3, 0.4) is 0 Å². The minimum absolute atomic E-state index is 0.162. The number of esters is 1. The number of benzene rings is 3. The first kappa shape index (κ1) is 22.1. The number of hydrogen-bond donors (Lipinski definition) is 2. The van der Waals surface area contributed by atoms with Gasteiger partial charge in [-0.25, -0.2) is 15.2 Å². The number of thioether (sulfide) groups is 1. The largest absolute Gasteiger partial charge is 0.493 e. The van der Waals surface area contributed by atoms with Gasteiger partial charge in [-0.3, -0.25) is 4.79 Å². The number of fused-ring (bicyclic) bond motifs is 1. The second-order valence-corrected chi connectivity index (χ2v) is 7.77. The Labute approximate surface area is 194 Å².